The van der Waals surface area contributed by atoms with Gasteiger partial charge in [0.1, 0.15) is 24.8 Å². The van der Waals surface area contributed by atoms with Crippen molar-refractivity contribution in [3.05, 3.63) is 53.3 Å². The van der Waals surface area contributed by atoms with Crippen LogP contribution in [-0.4, -0.2) is 29.8 Å². The van der Waals surface area contributed by atoms with Gasteiger partial charge in [-0.25, -0.2) is 4.39 Å². The number of halogens is 4. The fourth-order valence-electron chi connectivity index (χ4n) is 2.58. The molecule has 0 atom stereocenters. The average molecular weight is 397 g/mol. The molecular weight excluding hydrogens is 382 g/mol. The number of rotatable bonds is 6. The molecule has 0 fully saturated rings. The number of ether oxygens (including phenoxy) is 2. The fraction of sp³-hybridized carbons (Fsp3) is 0.222. The highest BCUT2D eigenvalue weighted by Gasteiger charge is 2.33. The van der Waals surface area contributed by atoms with Gasteiger partial charge in [0.25, 0.3) is 5.91 Å². The summed E-state index contributed by atoms with van der Waals surface area (Å²) in [4.78, 5) is 11.7. The number of benzene rings is 2. The third-order valence-electron chi connectivity index (χ3n) is 3.84. The minimum atomic E-state index is -4.70. The summed E-state index contributed by atoms with van der Waals surface area (Å²) in [5.41, 5.74) is -0.697. The van der Waals surface area contributed by atoms with Gasteiger partial charge < -0.3 is 14.8 Å². The summed E-state index contributed by atoms with van der Waals surface area (Å²) in [6.07, 6.45) is -4.70. The van der Waals surface area contributed by atoms with Gasteiger partial charge in [0.15, 0.2) is 5.82 Å². The maximum atomic E-state index is 13.2. The predicted octanol–water partition coefficient (Wildman–Crippen LogP) is 3.88. The van der Waals surface area contributed by atoms with Crippen LogP contribution in [0.25, 0.3) is 10.9 Å². The predicted molar refractivity (Wildman–Crippen MR) is 92.3 cm³/mol. The van der Waals surface area contributed by atoms with Crippen LogP contribution in [-0.2, 0) is 22.3 Å². The lowest BCUT2D eigenvalue weighted by molar-refractivity contribution is -0.138. The van der Waals surface area contributed by atoms with Crippen molar-refractivity contribution in [2.75, 3.05) is 19.0 Å². The first-order chi connectivity index (χ1) is 13.3. The maximum Gasteiger partial charge on any atom is 0.416 e. The van der Waals surface area contributed by atoms with Crippen LogP contribution in [0.2, 0.25) is 0 Å². The lowest BCUT2D eigenvalue weighted by atomic mass is 10.1. The van der Waals surface area contributed by atoms with Gasteiger partial charge in [-0.2, -0.15) is 18.3 Å². The van der Waals surface area contributed by atoms with Crippen molar-refractivity contribution in [3.63, 3.8) is 0 Å². The van der Waals surface area contributed by atoms with Gasteiger partial charge in [0.2, 0.25) is 0 Å². The van der Waals surface area contributed by atoms with Crippen molar-refractivity contribution in [3.8, 4) is 5.75 Å². The molecule has 148 valence electrons. The quantitative estimate of drug-likeness (QED) is 0.619. The third kappa shape index (κ3) is 4.39. The molecule has 0 saturated heterocycles. The van der Waals surface area contributed by atoms with E-state index in [2.05, 4.69) is 15.5 Å². The molecule has 1 heterocycles. The Morgan fingerprint density at radius 3 is 2.71 bits per heavy atom. The Morgan fingerprint density at radius 2 is 2.00 bits per heavy atom. The van der Waals surface area contributed by atoms with Crippen LogP contribution < -0.4 is 10.1 Å². The number of amides is 1. The van der Waals surface area contributed by atoms with Crippen LogP contribution in [0, 0.1) is 5.82 Å². The molecule has 0 unspecified atom stereocenters. The van der Waals surface area contributed by atoms with E-state index in [1.807, 2.05) is 0 Å². The highest BCUT2D eigenvalue weighted by molar-refractivity contribution is 6.00. The number of carbonyl (C=O) groups is 1. The van der Waals surface area contributed by atoms with E-state index in [4.69, 9.17) is 9.47 Å². The Bertz CT molecular complexity index is 1000. The maximum absolute atomic E-state index is 13.2. The molecule has 0 aliphatic heterocycles. The lowest BCUT2D eigenvalue weighted by Gasteiger charge is -2.14. The van der Waals surface area contributed by atoms with Gasteiger partial charge in [-0.3, -0.25) is 9.89 Å². The third-order valence-corrected chi connectivity index (χ3v) is 3.84. The van der Waals surface area contributed by atoms with Gasteiger partial charge in [-0.05, 0) is 30.3 Å². The SMILES string of the molecule is COCC(=O)Nc1n[nH]c2ccc(OCc3ccc(F)cc3C(F)(F)F)cc12. The minimum absolute atomic E-state index is 0.157. The molecule has 0 saturated carbocycles. The molecular formula is C18H15F4N3O3. The molecule has 28 heavy (non-hydrogen) atoms. The zero-order valence-electron chi connectivity index (χ0n) is 14.6. The van der Waals surface area contributed by atoms with Crippen molar-refractivity contribution >= 4 is 22.6 Å². The number of nitrogens with one attached hydrogen (secondary N) is 2. The largest absolute Gasteiger partial charge is 0.489 e. The summed E-state index contributed by atoms with van der Waals surface area (Å²) in [6.45, 7) is -0.570. The van der Waals surface area contributed by atoms with E-state index in [9.17, 15) is 22.4 Å². The smallest absolute Gasteiger partial charge is 0.416 e. The number of anilines is 1. The van der Waals surface area contributed by atoms with Gasteiger partial charge in [0.05, 0.1) is 11.1 Å². The van der Waals surface area contributed by atoms with Crippen LogP contribution in [0.1, 0.15) is 11.1 Å². The monoisotopic (exact) mass is 397 g/mol. The Labute approximate surface area is 156 Å². The summed E-state index contributed by atoms with van der Waals surface area (Å²) in [5.74, 6) is -0.899. The van der Waals surface area contributed by atoms with Crippen LogP contribution in [0.3, 0.4) is 0 Å². The number of hydrogen-bond acceptors (Lipinski definition) is 4. The van der Waals surface area contributed by atoms with Crippen molar-refractivity contribution in [1.82, 2.24) is 10.2 Å². The van der Waals surface area contributed by atoms with Gasteiger partial charge in [0, 0.05) is 18.1 Å². The highest BCUT2D eigenvalue weighted by atomic mass is 19.4. The van der Waals surface area contributed by atoms with E-state index in [1.165, 1.54) is 19.2 Å². The number of nitrogens with zero attached hydrogens (tertiary/aromatic N) is 1. The second-order valence-corrected chi connectivity index (χ2v) is 5.85. The molecule has 3 aromatic rings. The van der Waals surface area contributed by atoms with E-state index in [-0.39, 0.29) is 23.7 Å². The Hall–Kier alpha value is -3.14. The molecule has 0 bridgehead atoms. The zero-order valence-corrected chi connectivity index (χ0v) is 14.6. The molecule has 0 aliphatic carbocycles. The molecule has 0 radical (unpaired) electrons. The number of aromatic amines is 1. The van der Waals surface area contributed by atoms with Crippen molar-refractivity contribution in [2.45, 2.75) is 12.8 Å². The molecule has 10 heteroatoms. The van der Waals surface area contributed by atoms with Gasteiger partial charge in [-0.15, -0.1) is 0 Å². The molecule has 3 rings (SSSR count). The normalized spacial score (nSPS) is 11.6. The number of carbonyl (C=O) groups excluding carboxylic acids is 1. The van der Waals surface area contributed by atoms with E-state index >= 15 is 0 Å². The van der Waals surface area contributed by atoms with Crippen LogP contribution in [0.15, 0.2) is 36.4 Å². The second kappa shape index (κ2) is 7.85. The highest BCUT2D eigenvalue weighted by Crippen LogP contribution is 2.33. The topological polar surface area (TPSA) is 76.2 Å². The van der Waals surface area contributed by atoms with Crippen LogP contribution in [0.5, 0.6) is 5.75 Å². The number of methoxy groups -OCH3 is 1. The number of alkyl halides is 3. The first-order valence-electron chi connectivity index (χ1n) is 8.03. The number of H-pyrrole nitrogens is 1. The van der Waals surface area contributed by atoms with E-state index in [0.717, 1.165) is 12.1 Å². The molecule has 2 N–H and O–H groups in total. The molecule has 6 nitrogen and oxygen atoms in total. The van der Waals surface area contributed by atoms with Gasteiger partial charge >= 0.3 is 6.18 Å². The van der Waals surface area contributed by atoms with E-state index in [1.54, 1.807) is 6.07 Å². The standard InChI is InChI=1S/C18H15F4N3O3/c1-27-9-16(26)23-17-13-7-12(4-5-15(13)24-25-17)28-8-10-2-3-11(19)6-14(10)18(20,21)22/h2-7H,8-9H2,1H3,(H2,23,24,25,26). The second-order valence-electron chi connectivity index (χ2n) is 5.85. The summed E-state index contributed by atoms with van der Waals surface area (Å²) in [7, 11) is 1.37. The molecule has 2 aromatic carbocycles. The number of aromatic nitrogens is 2. The molecule has 0 aliphatic rings. The van der Waals surface area contributed by atoms with E-state index < -0.39 is 30.1 Å². The first kappa shape index (κ1) is 19.6. The van der Waals surface area contributed by atoms with Gasteiger partial charge in [-0.1, -0.05) is 6.07 Å². The number of hydrogen-bond donors (Lipinski definition) is 2. The Kier molecular flexibility index (Phi) is 5.50. The summed E-state index contributed by atoms with van der Waals surface area (Å²) >= 11 is 0. The summed E-state index contributed by atoms with van der Waals surface area (Å²) in [6, 6.07) is 7.08. The van der Waals surface area contributed by atoms with Crippen LogP contribution in [0.4, 0.5) is 23.4 Å². The molecule has 1 aromatic heterocycles. The van der Waals surface area contributed by atoms with Crippen LogP contribution >= 0.6 is 0 Å². The summed E-state index contributed by atoms with van der Waals surface area (Å²) in [5, 5.41) is 9.76. The van der Waals surface area contributed by atoms with Crippen molar-refractivity contribution in [1.29, 1.82) is 0 Å². The molecule has 1 amide bonds. The zero-order chi connectivity index (χ0) is 20.3. The fourth-order valence-corrected chi connectivity index (χ4v) is 2.58. The first-order valence-corrected chi connectivity index (χ1v) is 8.03. The van der Waals surface area contributed by atoms with E-state index in [0.29, 0.717) is 17.0 Å². The Balaban J connectivity index is 1.81. The minimum Gasteiger partial charge on any atom is -0.489 e. The average Bonchev–Trinajstić information content (AvgIpc) is 3.02. The Morgan fingerprint density at radius 1 is 1.21 bits per heavy atom. The van der Waals surface area contributed by atoms with Crippen molar-refractivity contribution < 1.29 is 31.8 Å². The van der Waals surface area contributed by atoms with Crippen molar-refractivity contribution in [2.24, 2.45) is 0 Å². The lowest BCUT2D eigenvalue weighted by Crippen LogP contribution is -2.17. The molecule has 0 spiro atoms. The number of fused-ring (bicyclic) bond motifs is 1. The summed E-state index contributed by atoms with van der Waals surface area (Å²) < 4.78 is 62.6.